The zero-order chi connectivity index (χ0) is 13.0. The van der Waals surface area contributed by atoms with Crippen molar-refractivity contribution in [2.24, 2.45) is 17.8 Å². The summed E-state index contributed by atoms with van der Waals surface area (Å²) in [6.07, 6.45) is 10.8. The number of hydrogen-bond acceptors (Lipinski definition) is 2. The highest BCUT2D eigenvalue weighted by Crippen LogP contribution is 2.45. The normalized spacial score (nSPS) is 36.1. The fourth-order valence-electron chi connectivity index (χ4n) is 4.17. The first-order chi connectivity index (χ1) is 8.77. The van der Waals surface area contributed by atoms with Gasteiger partial charge in [0.1, 0.15) is 5.78 Å². The molecular weight excluding hydrogens is 224 g/mol. The first kappa shape index (κ1) is 14.0. The van der Waals surface area contributed by atoms with Gasteiger partial charge in [-0.25, -0.2) is 0 Å². The number of methoxy groups -OCH3 is 1. The summed E-state index contributed by atoms with van der Waals surface area (Å²) in [7, 11) is 1.84. The third kappa shape index (κ3) is 2.96. The molecule has 18 heavy (non-hydrogen) atoms. The van der Waals surface area contributed by atoms with E-state index in [1.165, 1.54) is 32.1 Å². The van der Waals surface area contributed by atoms with E-state index < -0.39 is 0 Å². The molecule has 2 saturated carbocycles. The lowest BCUT2D eigenvalue weighted by Gasteiger charge is -2.29. The molecule has 2 heteroatoms. The summed E-state index contributed by atoms with van der Waals surface area (Å²) in [6, 6.07) is 0. The van der Waals surface area contributed by atoms with Gasteiger partial charge < -0.3 is 4.74 Å². The van der Waals surface area contributed by atoms with Crippen LogP contribution < -0.4 is 0 Å². The van der Waals surface area contributed by atoms with Crippen LogP contribution in [0.2, 0.25) is 0 Å². The Morgan fingerprint density at radius 2 is 1.83 bits per heavy atom. The Labute approximate surface area is 111 Å². The molecule has 0 saturated heterocycles. The number of hydrogen-bond donors (Lipinski definition) is 0. The number of rotatable bonds is 6. The van der Waals surface area contributed by atoms with E-state index in [4.69, 9.17) is 4.74 Å². The van der Waals surface area contributed by atoms with Crippen LogP contribution in [0.3, 0.4) is 0 Å². The minimum atomic E-state index is 0.359. The fourth-order valence-corrected chi connectivity index (χ4v) is 4.17. The molecule has 0 aliphatic heterocycles. The monoisotopic (exact) mass is 252 g/mol. The molecule has 2 aliphatic carbocycles. The Kier molecular flexibility index (Phi) is 5.23. The van der Waals surface area contributed by atoms with Gasteiger partial charge >= 0.3 is 0 Å². The predicted molar refractivity (Wildman–Crippen MR) is 73.5 cm³/mol. The maximum absolute atomic E-state index is 12.3. The van der Waals surface area contributed by atoms with Crippen LogP contribution in [0.5, 0.6) is 0 Å². The Bertz CT molecular complexity index is 274. The average Bonchev–Trinajstić information content (AvgIpc) is 3.02. The zero-order valence-electron chi connectivity index (χ0n) is 12.0. The van der Waals surface area contributed by atoms with Gasteiger partial charge in [-0.15, -0.1) is 0 Å². The Morgan fingerprint density at radius 1 is 1.11 bits per heavy atom. The van der Waals surface area contributed by atoms with E-state index in [0.29, 0.717) is 29.6 Å². The van der Waals surface area contributed by atoms with Crippen molar-refractivity contribution in [2.45, 2.75) is 70.8 Å². The lowest BCUT2D eigenvalue weighted by molar-refractivity contribution is -0.125. The Balaban J connectivity index is 1.96. The summed E-state index contributed by atoms with van der Waals surface area (Å²) in [5, 5.41) is 0. The van der Waals surface area contributed by atoms with Crippen LogP contribution in [0.25, 0.3) is 0 Å². The van der Waals surface area contributed by atoms with E-state index in [0.717, 1.165) is 25.7 Å². The van der Waals surface area contributed by atoms with E-state index >= 15 is 0 Å². The van der Waals surface area contributed by atoms with Crippen molar-refractivity contribution in [1.29, 1.82) is 0 Å². The van der Waals surface area contributed by atoms with Crippen molar-refractivity contribution in [3.63, 3.8) is 0 Å². The SMILES string of the molecule is CCCCC(=O)C1CCCC1C1CCCC1OC. The lowest BCUT2D eigenvalue weighted by Crippen LogP contribution is -2.30. The summed E-state index contributed by atoms with van der Waals surface area (Å²) >= 11 is 0. The number of ether oxygens (including phenoxy) is 1. The predicted octanol–water partition coefficient (Wildman–Crippen LogP) is 3.98. The van der Waals surface area contributed by atoms with Crippen molar-refractivity contribution < 1.29 is 9.53 Å². The highest BCUT2D eigenvalue weighted by Gasteiger charge is 2.42. The van der Waals surface area contributed by atoms with Crippen molar-refractivity contribution in [1.82, 2.24) is 0 Å². The molecule has 104 valence electrons. The molecule has 4 atom stereocenters. The Morgan fingerprint density at radius 3 is 2.56 bits per heavy atom. The van der Waals surface area contributed by atoms with Crippen LogP contribution in [0.1, 0.15) is 64.7 Å². The van der Waals surface area contributed by atoms with Gasteiger partial charge in [0.2, 0.25) is 0 Å². The second-order valence-electron chi connectivity index (χ2n) is 6.14. The van der Waals surface area contributed by atoms with E-state index in [9.17, 15) is 4.79 Å². The maximum Gasteiger partial charge on any atom is 0.136 e. The molecule has 0 aromatic rings. The molecule has 0 heterocycles. The van der Waals surface area contributed by atoms with Crippen molar-refractivity contribution in [3.8, 4) is 0 Å². The first-order valence-corrected chi connectivity index (χ1v) is 7.83. The molecule has 0 N–H and O–H groups in total. The van der Waals surface area contributed by atoms with Gasteiger partial charge in [-0.3, -0.25) is 4.79 Å². The minimum Gasteiger partial charge on any atom is -0.381 e. The topological polar surface area (TPSA) is 26.3 Å². The molecule has 0 aromatic carbocycles. The lowest BCUT2D eigenvalue weighted by atomic mass is 9.79. The molecule has 2 fully saturated rings. The van der Waals surface area contributed by atoms with Gasteiger partial charge in [0, 0.05) is 19.4 Å². The minimum absolute atomic E-state index is 0.359. The van der Waals surface area contributed by atoms with Crippen molar-refractivity contribution >= 4 is 5.78 Å². The summed E-state index contributed by atoms with van der Waals surface area (Å²) in [6.45, 7) is 2.16. The van der Waals surface area contributed by atoms with Crippen LogP contribution in [0, 0.1) is 17.8 Å². The average molecular weight is 252 g/mol. The van der Waals surface area contributed by atoms with Crippen LogP contribution >= 0.6 is 0 Å². The van der Waals surface area contributed by atoms with E-state index in [1.807, 2.05) is 7.11 Å². The number of carbonyl (C=O) groups excluding carboxylic acids is 1. The van der Waals surface area contributed by atoms with Crippen LogP contribution in [0.4, 0.5) is 0 Å². The van der Waals surface area contributed by atoms with E-state index in [2.05, 4.69) is 6.92 Å². The molecule has 0 bridgehead atoms. The smallest absolute Gasteiger partial charge is 0.136 e. The highest BCUT2D eigenvalue weighted by atomic mass is 16.5. The van der Waals surface area contributed by atoms with Gasteiger partial charge in [-0.1, -0.05) is 26.2 Å². The zero-order valence-corrected chi connectivity index (χ0v) is 12.0. The molecule has 2 rings (SSSR count). The largest absolute Gasteiger partial charge is 0.381 e. The van der Waals surface area contributed by atoms with Crippen molar-refractivity contribution in [3.05, 3.63) is 0 Å². The summed E-state index contributed by atoms with van der Waals surface area (Å²) in [5.74, 6) is 2.19. The standard InChI is InChI=1S/C16H28O2/c1-3-4-10-15(17)13-8-5-7-12(13)14-9-6-11-16(14)18-2/h12-14,16H,3-11H2,1-2H3. The molecule has 0 amide bonds. The molecular formula is C16H28O2. The van der Waals surface area contributed by atoms with Gasteiger partial charge in [-0.05, 0) is 43.9 Å². The van der Waals surface area contributed by atoms with Gasteiger partial charge in [-0.2, -0.15) is 0 Å². The number of carbonyl (C=O) groups is 1. The van der Waals surface area contributed by atoms with Crippen molar-refractivity contribution in [2.75, 3.05) is 7.11 Å². The summed E-state index contributed by atoms with van der Waals surface area (Å²) in [4.78, 5) is 12.3. The molecule has 4 unspecified atom stereocenters. The maximum atomic E-state index is 12.3. The molecule has 2 nitrogen and oxygen atoms in total. The second kappa shape index (κ2) is 6.70. The van der Waals surface area contributed by atoms with Crippen LogP contribution in [-0.4, -0.2) is 19.0 Å². The van der Waals surface area contributed by atoms with Gasteiger partial charge in [0.15, 0.2) is 0 Å². The summed E-state index contributed by atoms with van der Waals surface area (Å²) in [5.41, 5.74) is 0. The number of unbranched alkanes of at least 4 members (excludes halogenated alkanes) is 1. The first-order valence-electron chi connectivity index (χ1n) is 7.83. The highest BCUT2D eigenvalue weighted by molar-refractivity contribution is 5.81. The molecule has 0 spiro atoms. The molecule has 2 aliphatic rings. The second-order valence-corrected chi connectivity index (χ2v) is 6.14. The van der Waals surface area contributed by atoms with Gasteiger partial charge in [0.25, 0.3) is 0 Å². The summed E-state index contributed by atoms with van der Waals surface area (Å²) < 4.78 is 5.63. The Hall–Kier alpha value is -0.370. The van der Waals surface area contributed by atoms with E-state index in [-0.39, 0.29) is 0 Å². The number of ketones is 1. The third-order valence-electron chi connectivity index (χ3n) is 5.12. The van der Waals surface area contributed by atoms with Gasteiger partial charge in [0.05, 0.1) is 6.10 Å². The van der Waals surface area contributed by atoms with Crippen LogP contribution in [-0.2, 0) is 9.53 Å². The third-order valence-corrected chi connectivity index (χ3v) is 5.12. The number of Topliss-reactive ketones (excluding diaryl/α,β-unsaturated/α-hetero) is 1. The fraction of sp³-hybridized carbons (Fsp3) is 0.938. The molecule has 0 radical (unpaired) electrons. The molecule has 0 aromatic heterocycles. The van der Waals surface area contributed by atoms with E-state index in [1.54, 1.807) is 0 Å². The van der Waals surface area contributed by atoms with Crippen LogP contribution in [0.15, 0.2) is 0 Å². The quantitative estimate of drug-likeness (QED) is 0.715.